The first kappa shape index (κ1) is 16.8. The molecule has 0 unspecified atom stereocenters. The Morgan fingerprint density at radius 3 is 2.76 bits per heavy atom. The molecule has 0 saturated carbocycles. The van der Waals surface area contributed by atoms with Crippen molar-refractivity contribution in [3.05, 3.63) is 41.0 Å². The molecule has 1 aromatic rings. The predicted octanol–water partition coefficient (Wildman–Crippen LogP) is 3.79. The van der Waals surface area contributed by atoms with Gasteiger partial charge >= 0.3 is 6.09 Å². The van der Waals surface area contributed by atoms with Crippen molar-refractivity contribution < 1.29 is 9.53 Å². The molecule has 1 aromatic carbocycles. The lowest BCUT2D eigenvalue weighted by Gasteiger charge is -2.19. The molecule has 0 aliphatic rings. The average molecular weight is 286 g/mol. The first-order valence-corrected chi connectivity index (χ1v) is 6.96. The van der Waals surface area contributed by atoms with Crippen molar-refractivity contribution >= 4 is 12.2 Å². The van der Waals surface area contributed by atoms with Crippen molar-refractivity contribution in [1.82, 2.24) is 5.32 Å². The molecule has 0 fully saturated rings. The maximum Gasteiger partial charge on any atom is 0.407 e. The molecule has 21 heavy (non-hydrogen) atoms. The lowest BCUT2D eigenvalue weighted by atomic mass is 10.1. The van der Waals surface area contributed by atoms with Gasteiger partial charge < -0.3 is 10.1 Å². The lowest BCUT2D eigenvalue weighted by molar-refractivity contribution is 0.0529. The van der Waals surface area contributed by atoms with Crippen molar-refractivity contribution in [2.24, 2.45) is 0 Å². The van der Waals surface area contributed by atoms with Gasteiger partial charge in [-0.05, 0) is 51.3 Å². The van der Waals surface area contributed by atoms with E-state index in [2.05, 4.69) is 11.4 Å². The van der Waals surface area contributed by atoms with Crippen molar-refractivity contribution in [1.29, 1.82) is 5.26 Å². The Kier molecular flexibility index (Phi) is 5.98. The van der Waals surface area contributed by atoms with Gasteiger partial charge in [0.05, 0.1) is 11.6 Å². The summed E-state index contributed by atoms with van der Waals surface area (Å²) in [6, 6.07) is 7.91. The van der Waals surface area contributed by atoms with Gasteiger partial charge in [-0.2, -0.15) is 5.26 Å². The molecule has 112 valence electrons. The van der Waals surface area contributed by atoms with E-state index < -0.39 is 11.7 Å². The van der Waals surface area contributed by atoms with Crippen molar-refractivity contribution in [3.8, 4) is 6.07 Å². The molecule has 0 heterocycles. The highest BCUT2D eigenvalue weighted by Crippen LogP contribution is 2.11. The van der Waals surface area contributed by atoms with Gasteiger partial charge in [0.2, 0.25) is 0 Å². The van der Waals surface area contributed by atoms with Crippen LogP contribution in [0.2, 0.25) is 0 Å². The molecule has 0 atom stereocenters. The zero-order valence-electron chi connectivity index (χ0n) is 13.1. The third kappa shape index (κ3) is 6.62. The standard InChI is InChI=1S/C17H22N2O2/c1-13-8-9-14(11-15(13)12-18)7-5-6-10-19-16(20)21-17(2,3)4/h5,7-9,11H,6,10H2,1-4H3,(H,19,20). The Labute approximate surface area is 126 Å². The average Bonchev–Trinajstić information content (AvgIpc) is 2.38. The fraction of sp³-hybridized carbons (Fsp3) is 0.412. The number of alkyl carbamates (subject to hydrolysis) is 1. The van der Waals surface area contributed by atoms with E-state index in [9.17, 15) is 4.79 Å². The van der Waals surface area contributed by atoms with Crippen LogP contribution in [0, 0.1) is 18.3 Å². The minimum absolute atomic E-state index is 0.405. The number of nitrogens with one attached hydrogen (secondary N) is 1. The molecule has 0 bridgehead atoms. The third-order valence-electron chi connectivity index (χ3n) is 2.67. The number of carbonyl (C=O) groups excluding carboxylic acids is 1. The van der Waals surface area contributed by atoms with E-state index in [0.29, 0.717) is 18.5 Å². The number of benzene rings is 1. The summed E-state index contributed by atoms with van der Waals surface area (Å²) < 4.78 is 5.14. The molecule has 1 rings (SSSR count). The van der Waals surface area contributed by atoms with Gasteiger partial charge in [-0.25, -0.2) is 4.79 Å². The molecule has 0 aliphatic carbocycles. The molecule has 0 spiro atoms. The second-order valence-electron chi connectivity index (χ2n) is 5.81. The first-order chi connectivity index (χ1) is 9.81. The van der Waals surface area contributed by atoms with E-state index >= 15 is 0 Å². The van der Waals surface area contributed by atoms with Gasteiger partial charge in [-0.3, -0.25) is 0 Å². The highest BCUT2D eigenvalue weighted by molar-refractivity contribution is 5.67. The molecule has 0 aliphatic heterocycles. The van der Waals surface area contributed by atoms with Crippen LogP contribution in [-0.4, -0.2) is 18.2 Å². The number of hydrogen-bond acceptors (Lipinski definition) is 3. The van der Waals surface area contributed by atoms with Crippen LogP contribution >= 0.6 is 0 Å². The number of nitriles is 1. The van der Waals surface area contributed by atoms with Gasteiger partial charge in [0.25, 0.3) is 0 Å². The largest absolute Gasteiger partial charge is 0.444 e. The number of aryl methyl sites for hydroxylation is 1. The zero-order chi connectivity index (χ0) is 15.9. The zero-order valence-corrected chi connectivity index (χ0v) is 13.1. The second-order valence-corrected chi connectivity index (χ2v) is 5.81. The van der Waals surface area contributed by atoms with Gasteiger partial charge in [-0.15, -0.1) is 0 Å². The van der Waals surface area contributed by atoms with Crippen LogP contribution in [0.1, 0.15) is 43.9 Å². The van der Waals surface area contributed by atoms with Crippen LogP contribution < -0.4 is 5.32 Å². The fourth-order valence-electron chi connectivity index (χ4n) is 1.65. The van der Waals surface area contributed by atoms with Crippen LogP contribution in [0.3, 0.4) is 0 Å². The van der Waals surface area contributed by atoms with Crippen LogP contribution in [0.5, 0.6) is 0 Å². The normalized spacial score (nSPS) is 11.2. The van der Waals surface area contributed by atoms with Crippen molar-refractivity contribution in [2.75, 3.05) is 6.54 Å². The number of nitrogens with zero attached hydrogens (tertiary/aromatic N) is 1. The molecule has 0 aromatic heterocycles. The summed E-state index contributed by atoms with van der Waals surface area (Å²) in [5.41, 5.74) is 2.16. The van der Waals surface area contributed by atoms with Gasteiger partial charge in [0.15, 0.2) is 0 Å². The minimum atomic E-state index is -0.477. The Morgan fingerprint density at radius 2 is 2.14 bits per heavy atom. The molecule has 0 radical (unpaired) electrons. The topological polar surface area (TPSA) is 62.1 Å². The molecule has 0 saturated heterocycles. The molecular formula is C17H22N2O2. The number of carbonyl (C=O) groups is 1. The Bertz CT molecular complexity index is 563. The van der Waals surface area contributed by atoms with Crippen LogP contribution in [0.4, 0.5) is 4.79 Å². The number of hydrogen-bond donors (Lipinski definition) is 1. The number of rotatable bonds is 4. The Morgan fingerprint density at radius 1 is 1.43 bits per heavy atom. The van der Waals surface area contributed by atoms with E-state index in [0.717, 1.165) is 11.1 Å². The highest BCUT2D eigenvalue weighted by atomic mass is 16.6. The Hall–Kier alpha value is -2.28. The summed E-state index contributed by atoms with van der Waals surface area (Å²) in [4.78, 5) is 11.4. The highest BCUT2D eigenvalue weighted by Gasteiger charge is 2.15. The lowest BCUT2D eigenvalue weighted by Crippen LogP contribution is -2.32. The smallest absolute Gasteiger partial charge is 0.407 e. The van der Waals surface area contributed by atoms with Gasteiger partial charge in [0, 0.05) is 6.54 Å². The number of ether oxygens (including phenoxy) is 1. The van der Waals surface area contributed by atoms with Crippen molar-refractivity contribution in [2.45, 2.75) is 39.7 Å². The van der Waals surface area contributed by atoms with Gasteiger partial charge in [-0.1, -0.05) is 24.3 Å². The maximum absolute atomic E-state index is 11.4. The van der Waals surface area contributed by atoms with E-state index in [1.54, 1.807) is 0 Å². The molecule has 4 heteroatoms. The quantitative estimate of drug-likeness (QED) is 0.856. The monoisotopic (exact) mass is 286 g/mol. The molecular weight excluding hydrogens is 264 g/mol. The summed E-state index contributed by atoms with van der Waals surface area (Å²) in [6.45, 7) is 7.92. The van der Waals surface area contributed by atoms with Crippen LogP contribution in [0.15, 0.2) is 24.3 Å². The fourth-order valence-corrected chi connectivity index (χ4v) is 1.65. The second kappa shape index (κ2) is 7.49. The van der Waals surface area contributed by atoms with E-state index in [-0.39, 0.29) is 0 Å². The van der Waals surface area contributed by atoms with Crippen molar-refractivity contribution in [3.63, 3.8) is 0 Å². The summed E-state index contributed by atoms with van der Waals surface area (Å²) >= 11 is 0. The predicted molar refractivity (Wildman–Crippen MR) is 83.8 cm³/mol. The van der Waals surface area contributed by atoms with E-state index in [1.807, 2.05) is 58.0 Å². The SMILES string of the molecule is Cc1ccc(C=CCCNC(=O)OC(C)(C)C)cc1C#N. The van der Waals surface area contributed by atoms with E-state index in [4.69, 9.17) is 10.00 Å². The first-order valence-electron chi connectivity index (χ1n) is 6.96. The Balaban J connectivity index is 2.39. The van der Waals surface area contributed by atoms with Crippen LogP contribution in [0.25, 0.3) is 6.08 Å². The molecule has 4 nitrogen and oxygen atoms in total. The minimum Gasteiger partial charge on any atom is -0.444 e. The number of amides is 1. The van der Waals surface area contributed by atoms with Gasteiger partial charge in [0.1, 0.15) is 5.60 Å². The summed E-state index contributed by atoms with van der Waals surface area (Å²) in [6.07, 6.45) is 4.20. The summed E-state index contributed by atoms with van der Waals surface area (Å²) in [5.74, 6) is 0. The molecule has 1 amide bonds. The summed E-state index contributed by atoms with van der Waals surface area (Å²) in [7, 11) is 0. The maximum atomic E-state index is 11.4. The van der Waals surface area contributed by atoms with Crippen LogP contribution in [-0.2, 0) is 4.74 Å². The summed E-state index contributed by atoms with van der Waals surface area (Å²) in [5, 5.41) is 11.7. The molecule has 1 N–H and O–H groups in total. The van der Waals surface area contributed by atoms with E-state index in [1.165, 1.54) is 0 Å². The third-order valence-corrected chi connectivity index (χ3v) is 2.67.